The topological polar surface area (TPSA) is 49.4 Å². The highest BCUT2D eigenvalue weighted by Crippen LogP contribution is 2.42. The molecule has 4 nitrogen and oxygen atoms in total. The SMILES string of the molecule is Cc1cccc(N2C(=O)CSC2c2ccc(NC(=O)C(C)(C)C)cc2)c1. The van der Waals surface area contributed by atoms with Crippen LogP contribution in [0, 0.1) is 12.3 Å². The quantitative estimate of drug-likeness (QED) is 0.850. The van der Waals surface area contributed by atoms with E-state index in [0.29, 0.717) is 5.75 Å². The number of rotatable bonds is 3. The van der Waals surface area contributed by atoms with Crippen molar-refractivity contribution in [2.24, 2.45) is 5.41 Å². The molecule has 1 unspecified atom stereocenters. The minimum Gasteiger partial charge on any atom is -0.326 e. The third-order valence-corrected chi connectivity index (χ3v) is 5.49. The Morgan fingerprint density at radius 3 is 2.46 bits per heavy atom. The van der Waals surface area contributed by atoms with Crippen molar-refractivity contribution < 1.29 is 9.59 Å². The number of carbonyl (C=O) groups is 2. The van der Waals surface area contributed by atoms with Crippen LogP contribution in [0.3, 0.4) is 0 Å². The molecule has 2 aromatic carbocycles. The van der Waals surface area contributed by atoms with Crippen LogP contribution in [0.1, 0.15) is 37.3 Å². The Kier molecular flexibility index (Phi) is 5.10. The summed E-state index contributed by atoms with van der Waals surface area (Å²) in [5.41, 5.74) is 3.44. The van der Waals surface area contributed by atoms with Crippen LogP contribution in [0.4, 0.5) is 11.4 Å². The van der Waals surface area contributed by atoms with Gasteiger partial charge in [-0.05, 0) is 42.3 Å². The van der Waals surface area contributed by atoms with E-state index in [1.54, 1.807) is 11.8 Å². The largest absolute Gasteiger partial charge is 0.326 e. The molecule has 1 N–H and O–H groups in total. The predicted octanol–water partition coefficient (Wildman–Crippen LogP) is 4.76. The Hall–Kier alpha value is -2.27. The van der Waals surface area contributed by atoms with Crippen LogP contribution >= 0.6 is 11.8 Å². The third kappa shape index (κ3) is 3.93. The van der Waals surface area contributed by atoms with E-state index in [2.05, 4.69) is 5.32 Å². The fraction of sp³-hybridized carbons (Fsp3) is 0.333. The summed E-state index contributed by atoms with van der Waals surface area (Å²) in [6.45, 7) is 7.69. The summed E-state index contributed by atoms with van der Waals surface area (Å²) >= 11 is 1.63. The number of amides is 2. The van der Waals surface area contributed by atoms with E-state index in [1.807, 2.05) is 81.1 Å². The monoisotopic (exact) mass is 368 g/mol. The molecule has 1 atom stereocenters. The summed E-state index contributed by atoms with van der Waals surface area (Å²) in [5.74, 6) is 0.578. The molecule has 3 rings (SSSR count). The first-order chi connectivity index (χ1) is 12.3. The number of carbonyl (C=O) groups excluding carboxylic acids is 2. The lowest BCUT2D eigenvalue weighted by Crippen LogP contribution is -2.28. The molecule has 0 saturated carbocycles. The maximum absolute atomic E-state index is 12.4. The van der Waals surface area contributed by atoms with Crippen molar-refractivity contribution in [3.8, 4) is 0 Å². The average molecular weight is 369 g/mol. The number of aryl methyl sites for hydroxylation is 1. The van der Waals surface area contributed by atoms with E-state index >= 15 is 0 Å². The van der Waals surface area contributed by atoms with Crippen molar-refractivity contribution in [3.63, 3.8) is 0 Å². The van der Waals surface area contributed by atoms with Crippen LogP contribution in [0.15, 0.2) is 48.5 Å². The average Bonchev–Trinajstić information content (AvgIpc) is 2.96. The standard InChI is InChI=1S/C21H24N2O2S/c1-14-6-5-7-17(12-14)23-18(24)13-26-19(23)15-8-10-16(11-9-15)22-20(25)21(2,3)4/h5-12,19H,13H2,1-4H3,(H,22,25). The van der Waals surface area contributed by atoms with E-state index in [4.69, 9.17) is 0 Å². The second kappa shape index (κ2) is 7.16. The molecule has 2 aromatic rings. The first kappa shape index (κ1) is 18.5. The molecule has 0 bridgehead atoms. The molecule has 1 saturated heterocycles. The smallest absolute Gasteiger partial charge is 0.238 e. The van der Waals surface area contributed by atoms with E-state index in [1.165, 1.54) is 0 Å². The summed E-state index contributed by atoms with van der Waals surface area (Å²) in [7, 11) is 0. The van der Waals surface area contributed by atoms with E-state index in [-0.39, 0.29) is 17.2 Å². The van der Waals surface area contributed by atoms with Gasteiger partial charge in [0.25, 0.3) is 0 Å². The van der Waals surface area contributed by atoms with Crippen molar-refractivity contribution in [1.29, 1.82) is 0 Å². The first-order valence-electron chi connectivity index (χ1n) is 8.67. The summed E-state index contributed by atoms with van der Waals surface area (Å²) in [6.07, 6.45) is 0. The minimum atomic E-state index is -0.436. The Balaban J connectivity index is 1.82. The van der Waals surface area contributed by atoms with E-state index < -0.39 is 5.41 Å². The highest BCUT2D eigenvalue weighted by Gasteiger charge is 2.34. The first-order valence-corrected chi connectivity index (χ1v) is 9.72. The van der Waals surface area contributed by atoms with Crippen LogP contribution in [-0.4, -0.2) is 17.6 Å². The second-order valence-electron chi connectivity index (χ2n) is 7.59. The molecule has 26 heavy (non-hydrogen) atoms. The molecular formula is C21H24N2O2S. The highest BCUT2D eigenvalue weighted by atomic mass is 32.2. The van der Waals surface area contributed by atoms with Gasteiger partial charge < -0.3 is 5.32 Å². The molecule has 0 radical (unpaired) electrons. The molecule has 0 spiro atoms. The van der Waals surface area contributed by atoms with Crippen LogP contribution in [0.2, 0.25) is 0 Å². The number of hydrogen-bond donors (Lipinski definition) is 1. The second-order valence-corrected chi connectivity index (χ2v) is 8.66. The zero-order chi connectivity index (χ0) is 18.9. The third-order valence-electron chi connectivity index (χ3n) is 4.28. The molecule has 2 amide bonds. The fourth-order valence-corrected chi connectivity index (χ4v) is 3.95. The zero-order valence-electron chi connectivity index (χ0n) is 15.6. The van der Waals surface area contributed by atoms with Gasteiger partial charge in [-0.1, -0.05) is 45.0 Å². The van der Waals surface area contributed by atoms with Gasteiger partial charge in [-0.25, -0.2) is 0 Å². The number of nitrogens with zero attached hydrogens (tertiary/aromatic N) is 1. The van der Waals surface area contributed by atoms with E-state index in [9.17, 15) is 9.59 Å². The van der Waals surface area contributed by atoms with Crippen LogP contribution in [0.25, 0.3) is 0 Å². The van der Waals surface area contributed by atoms with Crippen molar-refractivity contribution in [2.45, 2.75) is 33.1 Å². The Bertz CT molecular complexity index is 825. The molecule has 5 heteroatoms. The van der Waals surface area contributed by atoms with E-state index in [0.717, 1.165) is 22.5 Å². The fourth-order valence-electron chi connectivity index (χ4n) is 2.78. The van der Waals surface area contributed by atoms with Gasteiger partial charge in [0.1, 0.15) is 5.37 Å². The Morgan fingerprint density at radius 1 is 1.15 bits per heavy atom. The van der Waals surface area contributed by atoms with Crippen LogP contribution in [0.5, 0.6) is 0 Å². The van der Waals surface area contributed by atoms with Gasteiger partial charge >= 0.3 is 0 Å². The Labute approximate surface area is 159 Å². The van der Waals surface area contributed by atoms with Gasteiger partial charge in [0, 0.05) is 16.8 Å². The lowest BCUT2D eigenvalue weighted by Gasteiger charge is -2.25. The summed E-state index contributed by atoms with van der Waals surface area (Å²) < 4.78 is 0. The molecule has 1 aliphatic heterocycles. The Morgan fingerprint density at radius 2 is 1.85 bits per heavy atom. The highest BCUT2D eigenvalue weighted by molar-refractivity contribution is 8.00. The summed E-state index contributed by atoms with van der Waals surface area (Å²) in [5, 5.41) is 2.89. The lowest BCUT2D eigenvalue weighted by molar-refractivity contribution is -0.123. The predicted molar refractivity (Wildman–Crippen MR) is 108 cm³/mol. The number of thioether (sulfide) groups is 1. The van der Waals surface area contributed by atoms with Gasteiger partial charge in [0.15, 0.2) is 0 Å². The zero-order valence-corrected chi connectivity index (χ0v) is 16.4. The maximum atomic E-state index is 12.4. The number of anilines is 2. The molecule has 0 aliphatic carbocycles. The van der Waals surface area contributed by atoms with Crippen molar-refractivity contribution in [3.05, 3.63) is 59.7 Å². The number of nitrogens with one attached hydrogen (secondary N) is 1. The lowest BCUT2D eigenvalue weighted by atomic mass is 9.95. The van der Waals surface area contributed by atoms with Gasteiger partial charge in [-0.3, -0.25) is 14.5 Å². The molecule has 1 heterocycles. The minimum absolute atomic E-state index is 0.0166. The molecular weight excluding hydrogens is 344 g/mol. The summed E-state index contributed by atoms with van der Waals surface area (Å²) in [6, 6.07) is 15.8. The molecule has 0 aromatic heterocycles. The van der Waals surface area contributed by atoms with Crippen LogP contribution < -0.4 is 10.2 Å². The van der Waals surface area contributed by atoms with Gasteiger partial charge in [-0.2, -0.15) is 0 Å². The molecule has 136 valence electrons. The van der Waals surface area contributed by atoms with Crippen molar-refractivity contribution in [1.82, 2.24) is 0 Å². The summed E-state index contributed by atoms with van der Waals surface area (Å²) in [4.78, 5) is 26.4. The van der Waals surface area contributed by atoms with Gasteiger partial charge in [0.2, 0.25) is 11.8 Å². The number of hydrogen-bond acceptors (Lipinski definition) is 3. The normalized spacial score (nSPS) is 17.5. The van der Waals surface area contributed by atoms with Gasteiger partial charge in [0.05, 0.1) is 5.75 Å². The van der Waals surface area contributed by atoms with Gasteiger partial charge in [-0.15, -0.1) is 11.8 Å². The molecule has 1 fully saturated rings. The molecule has 1 aliphatic rings. The van der Waals surface area contributed by atoms with Crippen molar-refractivity contribution in [2.75, 3.05) is 16.0 Å². The van der Waals surface area contributed by atoms with Crippen LogP contribution in [-0.2, 0) is 9.59 Å². The maximum Gasteiger partial charge on any atom is 0.238 e. The van der Waals surface area contributed by atoms with Crippen molar-refractivity contribution >= 4 is 35.0 Å². The number of benzene rings is 2.